The summed E-state index contributed by atoms with van der Waals surface area (Å²) in [5.41, 5.74) is 3.38. The van der Waals surface area contributed by atoms with Crippen LogP contribution in [0.4, 0.5) is 4.39 Å². The molecular weight excluding hydrogens is 259 g/mol. The number of hydrazine groups is 1. The van der Waals surface area contributed by atoms with Crippen molar-refractivity contribution in [2.75, 3.05) is 13.7 Å². The summed E-state index contributed by atoms with van der Waals surface area (Å²) in [5, 5.41) is 0. The molecule has 1 aromatic rings. The number of nitrogens with two attached hydrogens (primary N) is 1. The highest BCUT2D eigenvalue weighted by Crippen LogP contribution is 2.36. The Balaban J connectivity index is 2.12. The first kappa shape index (κ1) is 15.2. The number of halogens is 1. The highest BCUT2D eigenvalue weighted by Gasteiger charge is 2.37. The Morgan fingerprint density at radius 2 is 2.20 bits per heavy atom. The molecule has 0 spiro atoms. The molecule has 2 unspecified atom stereocenters. The highest BCUT2D eigenvalue weighted by atomic mass is 19.1. The van der Waals surface area contributed by atoms with Gasteiger partial charge in [-0.15, -0.1) is 0 Å². The largest absolute Gasteiger partial charge is 0.494 e. The van der Waals surface area contributed by atoms with Crippen LogP contribution in [-0.4, -0.2) is 25.9 Å². The lowest BCUT2D eigenvalue weighted by atomic mass is 9.98. The lowest BCUT2D eigenvalue weighted by Gasteiger charge is -2.26. The molecule has 0 heterocycles. The van der Waals surface area contributed by atoms with Crippen molar-refractivity contribution in [3.8, 4) is 5.75 Å². The Kier molecular flexibility index (Phi) is 5.34. The van der Waals surface area contributed by atoms with Gasteiger partial charge in [-0.3, -0.25) is 11.3 Å². The number of methoxy groups -OCH3 is 1. The summed E-state index contributed by atoms with van der Waals surface area (Å²) in [6, 6.07) is 5.07. The van der Waals surface area contributed by atoms with Crippen LogP contribution in [0, 0.1) is 11.7 Å². The van der Waals surface area contributed by atoms with E-state index in [1.54, 1.807) is 18.2 Å². The third-order valence-corrected chi connectivity index (χ3v) is 3.76. The van der Waals surface area contributed by atoms with E-state index >= 15 is 0 Å². The van der Waals surface area contributed by atoms with Crippen molar-refractivity contribution in [2.45, 2.75) is 38.3 Å². The number of hydrogen-bond donors (Lipinski definition) is 2. The zero-order valence-corrected chi connectivity index (χ0v) is 12.1. The van der Waals surface area contributed by atoms with Crippen LogP contribution in [0.3, 0.4) is 0 Å². The summed E-state index contributed by atoms with van der Waals surface area (Å²) in [6.07, 6.45) is 2.84. The number of ether oxygens (including phenoxy) is 2. The van der Waals surface area contributed by atoms with Crippen molar-refractivity contribution in [3.63, 3.8) is 0 Å². The van der Waals surface area contributed by atoms with E-state index in [1.807, 2.05) is 6.92 Å². The maximum atomic E-state index is 14.2. The SMILES string of the molecule is CCOC(C1CC1)C(Cc1cccc(OC)c1F)NN. The number of benzene rings is 1. The molecule has 20 heavy (non-hydrogen) atoms. The molecule has 1 aliphatic rings. The van der Waals surface area contributed by atoms with Gasteiger partial charge in [-0.2, -0.15) is 0 Å². The third kappa shape index (κ3) is 3.48. The molecule has 0 aromatic heterocycles. The fourth-order valence-electron chi connectivity index (χ4n) is 2.58. The lowest BCUT2D eigenvalue weighted by Crippen LogP contribution is -2.47. The van der Waals surface area contributed by atoms with Crippen molar-refractivity contribution >= 4 is 0 Å². The summed E-state index contributed by atoms with van der Waals surface area (Å²) < 4.78 is 25.0. The maximum Gasteiger partial charge on any atom is 0.168 e. The van der Waals surface area contributed by atoms with Crippen molar-refractivity contribution < 1.29 is 13.9 Å². The van der Waals surface area contributed by atoms with Crippen LogP contribution in [-0.2, 0) is 11.2 Å². The molecule has 0 saturated heterocycles. The molecule has 0 amide bonds. The van der Waals surface area contributed by atoms with Crippen LogP contribution in [0.25, 0.3) is 0 Å². The average molecular weight is 282 g/mol. The van der Waals surface area contributed by atoms with Crippen LogP contribution in [0.2, 0.25) is 0 Å². The molecule has 0 aliphatic heterocycles. The van der Waals surface area contributed by atoms with Gasteiger partial charge in [0.2, 0.25) is 0 Å². The van der Waals surface area contributed by atoms with E-state index in [0.717, 1.165) is 12.8 Å². The number of nitrogens with one attached hydrogen (secondary N) is 1. The minimum atomic E-state index is -0.318. The van der Waals surface area contributed by atoms with Gasteiger partial charge < -0.3 is 9.47 Å². The lowest BCUT2D eigenvalue weighted by molar-refractivity contribution is 0.0190. The van der Waals surface area contributed by atoms with Gasteiger partial charge in [0.1, 0.15) is 0 Å². The van der Waals surface area contributed by atoms with E-state index in [9.17, 15) is 4.39 Å². The van der Waals surface area contributed by atoms with Crippen molar-refractivity contribution in [2.24, 2.45) is 11.8 Å². The molecule has 112 valence electrons. The summed E-state index contributed by atoms with van der Waals surface area (Å²) in [4.78, 5) is 0. The van der Waals surface area contributed by atoms with Gasteiger partial charge in [0.15, 0.2) is 11.6 Å². The molecule has 2 rings (SSSR count). The topological polar surface area (TPSA) is 56.5 Å². The van der Waals surface area contributed by atoms with Crippen LogP contribution < -0.4 is 16.0 Å². The molecule has 3 N–H and O–H groups in total. The molecule has 1 saturated carbocycles. The zero-order valence-electron chi connectivity index (χ0n) is 12.1. The van der Waals surface area contributed by atoms with E-state index in [4.69, 9.17) is 15.3 Å². The standard InChI is InChI=1S/C15H23FN2O2/c1-3-20-15(10-7-8-10)12(18-17)9-11-5-4-6-13(19-2)14(11)16/h4-6,10,12,15,18H,3,7-9,17H2,1-2H3. The summed E-state index contributed by atoms with van der Waals surface area (Å²) in [7, 11) is 1.47. The molecular formula is C15H23FN2O2. The molecule has 4 nitrogen and oxygen atoms in total. The number of hydrogen-bond acceptors (Lipinski definition) is 4. The Morgan fingerprint density at radius 3 is 2.75 bits per heavy atom. The van der Waals surface area contributed by atoms with Crippen LogP contribution in [0.5, 0.6) is 5.75 Å². The van der Waals surface area contributed by atoms with Gasteiger partial charge >= 0.3 is 0 Å². The van der Waals surface area contributed by atoms with Crippen molar-refractivity contribution in [3.05, 3.63) is 29.6 Å². The molecule has 5 heteroatoms. The summed E-state index contributed by atoms with van der Waals surface area (Å²) in [6.45, 7) is 2.61. The Hall–Kier alpha value is -1.17. The molecule has 1 fully saturated rings. The van der Waals surface area contributed by atoms with Crippen LogP contribution in [0.15, 0.2) is 18.2 Å². The predicted octanol–water partition coefficient (Wildman–Crippen LogP) is 2.02. The molecule has 2 atom stereocenters. The first-order valence-corrected chi connectivity index (χ1v) is 7.10. The smallest absolute Gasteiger partial charge is 0.168 e. The molecule has 1 aromatic carbocycles. The van der Waals surface area contributed by atoms with E-state index in [0.29, 0.717) is 24.5 Å². The minimum absolute atomic E-state index is 0.0376. The normalized spacial score (nSPS) is 17.8. The summed E-state index contributed by atoms with van der Waals surface area (Å²) in [5.74, 6) is 6.13. The first-order chi connectivity index (χ1) is 9.71. The van der Waals surface area contributed by atoms with Crippen molar-refractivity contribution in [1.82, 2.24) is 5.43 Å². The fraction of sp³-hybridized carbons (Fsp3) is 0.600. The van der Waals surface area contributed by atoms with Gasteiger partial charge in [0.25, 0.3) is 0 Å². The maximum absolute atomic E-state index is 14.2. The average Bonchev–Trinajstić information content (AvgIpc) is 3.29. The predicted molar refractivity (Wildman–Crippen MR) is 75.9 cm³/mol. The number of rotatable bonds is 8. The van der Waals surface area contributed by atoms with Gasteiger partial charge in [-0.1, -0.05) is 12.1 Å². The fourth-order valence-corrected chi connectivity index (χ4v) is 2.58. The zero-order chi connectivity index (χ0) is 14.5. The van der Waals surface area contributed by atoms with E-state index in [2.05, 4.69) is 5.43 Å². The molecule has 0 bridgehead atoms. The van der Waals surface area contributed by atoms with Gasteiger partial charge in [-0.25, -0.2) is 4.39 Å². The van der Waals surface area contributed by atoms with E-state index in [-0.39, 0.29) is 23.7 Å². The minimum Gasteiger partial charge on any atom is -0.494 e. The molecule has 0 radical (unpaired) electrons. The van der Waals surface area contributed by atoms with Gasteiger partial charge in [-0.05, 0) is 43.7 Å². The third-order valence-electron chi connectivity index (χ3n) is 3.76. The Morgan fingerprint density at radius 1 is 1.45 bits per heavy atom. The highest BCUT2D eigenvalue weighted by molar-refractivity contribution is 5.31. The second kappa shape index (κ2) is 7.02. The van der Waals surface area contributed by atoms with E-state index < -0.39 is 0 Å². The van der Waals surface area contributed by atoms with Gasteiger partial charge in [0, 0.05) is 6.61 Å². The molecule has 1 aliphatic carbocycles. The van der Waals surface area contributed by atoms with Crippen molar-refractivity contribution in [1.29, 1.82) is 0 Å². The van der Waals surface area contributed by atoms with Crippen LogP contribution in [0.1, 0.15) is 25.3 Å². The second-order valence-corrected chi connectivity index (χ2v) is 5.17. The Labute approximate surface area is 119 Å². The van der Waals surface area contributed by atoms with Crippen LogP contribution >= 0.6 is 0 Å². The summed E-state index contributed by atoms with van der Waals surface area (Å²) >= 11 is 0. The first-order valence-electron chi connectivity index (χ1n) is 7.10. The van der Waals surface area contributed by atoms with E-state index in [1.165, 1.54) is 7.11 Å². The monoisotopic (exact) mass is 282 g/mol. The quantitative estimate of drug-likeness (QED) is 0.566. The van der Waals surface area contributed by atoms with Gasteiger partial charge in [0.05, 0.1) is 19.3 Å². The Bertz CT molecular complexity index is 438. The second-order valence-electron chi connectivity index (χ2n) is 5.17.